The number of para-hydroxylation sites is 2. The van der Waals surface area contributed by atoms with E-state index in [4.69, 9.17) is 0 Å². The molecule has 2 amide bonds. The van der Waals surface area contributed by atoms with E-state index in [1.165, 1.54) is 0 Å². The van der Waals surface area contributed by atoms with Crippen molar-refractivity contribution in [2.24, 2.45) is 0 Å². The van der Waals surface area contributed by atoms with Crippen LogP contribution in [0.2, 0.25) is 0 Å². The van der Waals surface area contributed by atoms with Crippen molar-refractivity contribution < 1.29 is 9.59 Å². The molecule has 5 nitrogen and oxygen atoms in total. The summed E-state index contributed by atoms with van der Waals surface area (Å²) in [6, 6.07) is 17.0. The zero-order valence-corrected chi connectivity index (χ0v) is 13.7. The number of carbonyl (C=O) groups excluding carboxylic acids is 2. The summed E-state index contributed by atoms with van der Waals surface area (Å²) in [4.78, 5) is 29.9. The first-order chi connectivity index (χ1) is 12.2. The normalized spacial score (nSPS) is 17.2. The maximum Gasteiger partial charge on any atom is 0.249 e. The first-order valence-electron chi connectivity index (χ1n) is 8.43. The number of rotatable bonds is 4. The van der Waals surface area contributed by atoms with Gasteiger partial charge in [-0.25, -0.2) is 0 Å². The predicted octanol–water partition coefficient (Wildman–Crippen LogP) is 2.63. The fourth-order valence-electron chi connectivity index (χ4n) is 3.37. The van der Waals surface area contributed by atoms with Gasteiger partial charge in [0.25, 0.3) is 0 Å². The number of nitrogens with one attached hydrogen (secondary N) is 2. The van der Waals surface area contributed by atoms with Gasteiger partial charge in [0.15, 0.2) is 0 Å². The molecule has 0 spiro atoms. The van der Waals surface area contributed by atoms with Gasteiger partial charge < -0.3 is 15.2 Å². The van der Waals surface area contributed by atoms with E-state index in [9.17, 15) is 9.59 Å². The van der Waals surface area contributed by atoms with Crippen molar-refractivity contribution in [2.75, 3.05) is 11.4 Å². The number of hydrogen-bond donors (Lipinski definition) is 2. The number of fused-ring (bicyclic) bond motifs is 1. The van der Waals surface area contributed by atoms with Crippen LogP contribution in [0.5, 0.6) is 0 Å². The second-order valence-electron chi connectivity index (χ2n) is 6.27. The van der Waals surface area contributed by atoms with Gasteiger partial charge in [0.05, 0.1) is 6.42 Å². The molecule has 1 aromatic heterocycles. The molecule has 4 rings (SSSR count). The zero-order chi connectivity index (χ0) is 17.2. The molecule has 2 N–H and O–H groups in total. The number of amides is 2. The zero-order valence-electron chi connectivity index (χ0n) is 13.7. The topological polar surface area (TPSA) is 65.2 Å². The molecular formula is C20H19N3O2. The maximum atomic E-state index is 12.6. The molecule has 1 atom stereocenters. The molecule has 2 heterocycles. The van der Waals surface area contributed by atoms with Crippen molar-refractivity contribution >= 4 is 28.4 Å². The van der Waals surface area contributed by atoms with Crippen LogP contribution in [-0.2, 0) is 16.0 Å². The molecule has 1 unspecified atom stereocenters. The number of hydrogen-bond acceptors (Lipinski definition) is 2. The highest BCUT2D eigenvalue weighted by Crippen LogP contribution is 2.22. The number of carbonyl (C=O) groups is 2. The van der Waals surface area contributed by atoms with Gasteiger partial charge in [-0.05, 0) is 30.2 Å². The summed E-state index contributed by atoms with van der Waals surface area (Å²) in [5.74, 6) is -0.170. The number of H-pyrrole nitrogens is 1. The second-order valence-corrected chi connectivity index (χ2v) is 6.27. The van der Waals surface area contributed by atoms with Crippen LogP contribution in [0.25, 0.3) is 10.9 Å². The summed E-state index contributed by atoms with van der Waals surface area (Å²) >= 11 is 0. The molecule has 0 radical (unpaired) electrons. The van der Waals surface area contributed by atoms with Crippen LogP contribution in [0.4, 0.5) is 5.69 Å². The first kappa shape index (κ1) is 15.4. The highest BCUT2D eigenvalue weighted by atomic mass is 16.2. The van der Waals surface area contributed by atoms with Crippen LogP contribution >= 0.6 is 0 Å². The molecule has 1 saturated heterocycles. The van der Waals surface area contributed by atoms with Crippen molar-refractivity contribution in [3.63, 3.8) is 0 Å². The summed E-state index contributed by atoms with van der Waals surface area (Å²) in [5.41, 5.74) is 2.83. The van der Waals surface area contributed by atoms with Gasteiger partial charge >= 0.3 is 0 Å². The number of aromatic nitrogens is 1. The van der Waals surface area contributed by atoms with Gasteiger partial charge in [0.1, 0.15) is 6.04 Å². The average molecular weight is 333 g/mol. The third-order valence-corrected chi connectivity index (χ3v) is 4.63. The van der Waals surface area contributed by atoms with E-state index in [2.05, 4.69) is 10.3 Å². The Balaban J connectivity index is 1.42. The number of benzene rings is 2. The number of aromatic amines is 1. The van der Waals surface area contributed by atoms with Gasteiger partial charge in [-0.15, -0.1) is 0 Å². The summed E-state index contributed by atoms with van der Waals surface area (Å²) in [5, 5.41) is 3.93. The minimum Gasteiger partial charge on any atom is -0.361 e. The SMILES string of the molecule is O=C(Cc1c[nH]c2ccccc12)NC1CCN(c2ccccc2)C1=O. The Morgan fingerprint density at radius 1 is 1.12 bits per heavy atom. The molecule has 2 aromatic carbocycles. The molecule has 1 aliphatic rings. The largest absolute Gasteiger partial charge is 0.361 e. The van der Waals surface area contributed by atoms with Crippen molar-refractivity contribution in [1.29, 1.82) is 0 Å². The van der Waals surface area contributed by atoms with Crippen molar-refractivity contribution in [3.05, 3.63) is 66.4 Å². The van der Waals surface area contributed by atoms with E-state index in [0.717, 1.165) is 22.2 Å². The van der Waals surface area contributed by atoms with Crippen LogP contribution < -0.4 is 10.2 Å². The fraction of sp³-hybridized carbons (Fsp3) is 0.200. The Hall–Kier alpha value is -3.08. The molecule has 126 valence electrons. The third kappa shape index (κ3) is 3.01. The lowest BCUT2D eigenvalue weighted by molar-refractivity contribution is -0.126. The van der Waals surface area contributed by atoms with Crippen molar-refractivity contribution in [1.82, 2.24) is 10.3 Å². The third-order valence-electron chi connectivity index (χ3n) is 4.63. The lowest BCUT2D eigenvalue weighted by atomic mass is 10.1. The molecule has 0 saturated carbocycles. The minimum atomic E-state index is -0.446. The Morgan fingerprint density at radius 3 is 2.72 bits per heavy atom. The second kappa shape index (κ2) is 6.43. The van der Waals surface area contributed by atoms with Crippen LogP contribution in [0, 0.1) is 0 Å². The van der Waals surface area contributed by atoms with Crippen LogP contribution in [-0.4, -0.2) is 29.4 Å². The predicted molar refractivity (Wildman–Crippen MR) is 97.3 cm³/mol. The highest BCUT2D eigenvalue weighted by Gasteiger charge is 2.33. The van der Waals surface area contributed by atoms with Gasteiger partial charge in [-0.1, -0.05) is 36.4 Å². The van der Waals surface area contributed by atoms with E-state index in [-0.39, 0.29) is 18.2 Å². The minimum absolute atomic E-state index is 0.0431. The molecule has 1 aliphatic heterocycles. The van der Waals surface area contributed by atoms with Gasteiger partial charge in [0, 0.05) is 29.3 Å². The lowest BCUT2D eigenvalue weighted by Crippen LogP contribution is -2.42. The Kier molecular flexibility index (Phi) is 3.98. The molecule has 3 aromatic rings. The first-order valence-corrected chi connectivity index (χ1v) is 8.43. The highest BCUT2D eigenvalue weighted by molar-refractivity contribution is 6.01. The number of nitrogens with zero attached hydrogens (tertiary/aromatic N) is 1. The summed E-state index contributed by atoms with van der Waals surface area (Å²) < 4.78 is 0. The number of anilines is 1. The molecule has 25 heavy (non-hydrogen) atoms. The van der Waals surface area contributed by atoms with E-state index >= 15 is 0 Å². The molecule has 5 heteroatoms. The Labute approximate surface area is 145 Å². The van der Waals surface area contributed by atoms with E-state index in [1.807, 2.05) is 60.8 Å². The molecule has 0 bridgehead atoms. The smallest absolute Gasteiger partial charge is 0.249 e. The molecule has 0 aliphatic carbocycles. The van der Waals surface area contributed by atoms with Crippen molar-refractivity contribution in [3.8, 4) is 0 Å². The van der Waals surface area contributed by atoms with Gasteiger partial charge in [-0.2, -0.15) is 0 Å². The summed E-state index contributed by atoms with van der Waals surface area (Å²) in [6.07, 6.45) is 2.75. The Morgan fingerprint density at radius 2 is 1.88 bits per heavy atom. The molecule has 1 fully saturated rings. The van der Waals surface area contributed by atoms with Gasteiger partial charge in [0.2, 0.25) is 11.8 Å². The quantitative estimate of drug-likeness (QED) is 0.771. The van der Waals surface area contributed by atoms with E-state index < -0.39 is 6.04 Å². The van der Waals surface area contributed by atoms with E-state index in [0.29, 0.717) is 13.0 Å². The standard InChI is InChI=1S/C20H19N3O2/c24-19(12-14-13-21-17-9-5-4-8-16(14)17)22-18-10-11-23(20(18)25)15-6-2-1-3-7-15/h1-9,13,18,21H,10-12H2,(H,22,24). The monoisotopic (exact) mass is 333 g/mol. The van der Waals surface area contributed by atoms with Crippen molar-refractivity contribution in [2.45, 2.75) is 18.9 Å². The van der Waals surface area contributed by atoms with Crippen LogP contribution in [0.1, 0.15) is 12.0 Å². The van der Waals surface area contributed by atoms with Crippen LogP contribution in [0.15, 0.2) is 60.8 Å². The molecular weight excluding hydrogens is 314 g/mol. The van der Waals surface area contributed by atoms with Gasteiger partial charge in [-0.3, -0.25) is 9.59 Å². The average Bonchev–Trinajstić information content (AvgIpc) is 3.20. The summed E-state index contributed by atoms with van der Waals surface area (Å²) in [6.45, 7) is 0.626. The summed E-state index contributed by atoms with van der Waals surface area (Å²) in [7, 11) is 0. The maximum absolute atomic E-state index is 12.6. The lowest BCUT2D eigenvalue weighted by Gasteiger charge is -2.17. The Bertz CT molecular complexity index is 917. The van der Waals surface area contributed by atoms with E-state index in [1.54, 1.807) is 4.90 Å². The van der Waals surface area contributed by atoms with Crippen LogP contribution in [0.3, 0.4) is 0 Å². The fourth-order valence-corrected chi connectivity index (χ4v) is 3.37.